The van der Waals surface area contributed by atoms with Crippen molar-refractivity contribution in [3.63, 3.8) is 0 Å². The SMILES string of the molecule is O=S(=O)(O)OC1C[C@H]2CN3CCNCc4cccc(c43)[C@H]2C1. The van der Waals surface area contributed by atoms with Crippen molar-refractivity contribution >= 4 is 16.1 Å². The molecule has 3 aliphatic rings. The molecular weight excluding hydrogens is 304 g/mol. The van der Waals surface area contributed by atoms with Crippen molar-refractivity contribution in [1.82, 2.24) is 5.32 Å². The predicted molar refractivity (Wildman–Crippen MR) is 82.2 cm³/mol. The fourth-order valence-electron chi connectivity index (χ4n) is 4.36. The minimum absolute atomic E-state index is 0.316. The predicted octanol–water partition coefficient (Wildman–Crippen LogP) is 1.29. The summed E-state index contributed by atoms with van der Waals surface area (Å²) in [5, 5.41) is 3.45. The van der Waals surface area contributed by atoms with E-state index in [1.807, 2.05) is 0 Å². The van der Waals surface area contributed by atoms with Gasteiger partial charge >= 0.3 is 10.4 Å². The first-order chi connectivity index (χ1) is 10.5. The van der Waals surface area contributed by atoms with Crippen LogP contribution in [-0.4, -0.2) is 38.7 Å². The minimum atomic E-state index is -4.37. The molecule has 4 rings (SSSR count). The van der Waals surface area contributed by atoms with Crippen molar-refractivity contribution in [3.05, 3.63) is 29.3 Å². The Kier molecular flexibility index (Phi) is 3.41. The van der Waals surface area contributed by atoms with Crippen molar-refractivity contribution in [3.8, 4) is 0 Å². The number of anilines is 1. The average molecular weight is 324 g/mol. The number of fused-ring (bicyclic) bond motifs is 2. The molecule has 0 radical (unpaired) electrons. The molecule has 1 aliphatic carbocycles. The topological polar surface area (TPSA) is 78.9 Å². The van der Waals surface area contributed by atoms with Crippen LogP contribution >= 0.6 is 0 Å². The number of hydrogen-bond acceptors (Lipinski definition) is 5. The van der Waals surface area contributed by atoms with E-state index < -0.39 is 16.5 Å². The van der Waals surface area contributed by atoms with Gasteiger partial charge < -0.3 is 10.2 Å². The van der Waals surface area contributed by atoms with Crippen LogP contribution in [-0.2, 0) is 21.1 Å². The lowest BCUT2D eigenvalue weighted by Gasteiger charge is -2.38. The lowest BCUT2D eigenvalue weighted by molar-refractivity contribution is 0.183. The van der Waals surface area contributed by atoms with Gasteiger partial charge in [0, 0.05) is 31.9 Å². The van der Waals surface area contributed by atoms with Crippen LogP contribution in [0.25, 0.3) is 0 Å². The molecule has 0 amide bonds. The van der Waals surface area contributed by atoms with E-state index in [0.717, 1.165) is 26.2 Å². The third kappa shape index (κ3) is 2.52. The first-order valence-corrected chi connectivity index (χ1v) is 9.11. The number of hydrogen-bond donors (Lipinski definition) is 2. The van der Waals surface area contributed by atoms with Gasteiger partial charge in [-0.2, -0.15) is 8.42 Å². The Hall–Kier alpha value is -1.15. The summed E-state index contributed by atoms with van der Waals surface area (Å²) in [6, 6.07) is 6.40. The molecule has 1 aromatic rings. The largest absolute Gasteiger partial charge is 0.397 e. The van der Waals surface area contributed by atoms with Gasteiger partial charge in [0.15, 0.2) is 0 Å². The molecule has 7 heteroatoms. The van der Waals surface area contributed by atoms with Crippen LogP contribution in [0.5, 0.6) is 0 Å². The second-order valence-corrected chi connectivity index (χ2v) is 7.51. The Morgan fingerprint density at radius 1 is 1.32 bits per heavy atom. The zero-order chi connectivity index (χ0) is 15.3. The molecule has 0 bridgehead atoms. The average Bonchev–Trinajstić information content (AvgIpc) is 2.71. The van der Waals surface area contributed by atoms with Gasteiger partial charge in [0.25, 0.3) is 0 Å². The Bertz CT molecular complexity index is 691. The lowest BCUT2D eigenvalue weighted by Crippen LogP contribution is -2.38. The molecule has 1 aromatic carbocycles. The molecule has 1 fully saturated rings. The molecule has 0 spiro atoms. The monoisotopic (exact) mass is 324 g/mol. The van der Waals surface area contributed by atoms with Gasteiger partial charge in [0.2, 0.25) is 0 Å². The molecule has 1 saturated carbocycles. The van der Waals surface area contributed by atoms with Crippen LogP contribution in [0.15, 0.2) is 18.2 Å². The Morgan fingerprint density at radius 2 is 2.18 bits per heavy atom. The van der Waals surface area contributed by atoms with Crippen LogP contribution in [0.4, 0.5) is 5.69 Å². The van der Waals surface area contributed by atoms with E-state index >= 15 is 0 Å². The quantitative estimate of drug-likeness (QED) is 0.798. The summed E-state index contributed by atoms with van der Waals surface area (Å²) in [6.07, 6.45) is 0.919. The Labute approximate surface area is 130 Å². The van der Waals surface area contributed by atoms with E-state index in [9.17, 15) is 8.42 Å². The van der Waals surface area contributed by atoms with Crippen molar-refractivity contribution < 1.29 is 17.2 Å². The highest BCUT2D eigenvalue weighted by molar-refractivity contribution is 7.80. The van der Waals surface area contributed by atoms with Crippen molar-refractivity contribution in [2.75, 3.05) is 24.5 Å². The molecule has 2 N–H and O–H groups in total. The Balaban J connectivity index is 1.68. The maximum absolute atomic E-state index is 11.0. The molecule has 0 saturated heterocycles. The highest BCUT2D eigenvalue weighted by Crippen LogP contribution is 2.49. The second kappa shape index (κ2) is 5.19. The van der Waals surface area contributed by atoms with Gasteiger partial charge in [-0.25, -0.2) is 4.18 Å². The van der Waals surface area contributed by atoms with Crippen LogP contribution < -0.4 is 10.2 Å². The second-order valence-electron chi connectivity index (χ2n) is 6.46. The summed E-state index contributed by atoms with van der Waals surface area (Å²) in [4.78, 5) is 2.42. The van der Waals surface area contributed by atoms with Gasteiger partial charge in [-0.3, -0.25) is 4.55 Å². The smallest absolute Gasteiger partial charge is 0.369 e. The van der Waals surface area contributed by atoms with Crippen LogP contribution in [0.3, 0.4) is 0 Å². The van der Waals surface area contributed by atoms with E-state index in [1.165, 1.54) is 16.8 Å². The number of para-hydroxylation sites is 1. The van der Waals surface area contributed by atoms with Gasteiger partial charge in [0.05, 0.1) is 6.10 Å². The molecule has 1 unspecified atom stereocenters. The number of nitrogens with zero attached hydrogens (tertiary/aromatic N) is 1. The molecule has 2 aliphatic heterocycles. The van der Waals surface area contributed by atoms with E-state index in [0.29, 0.717) is 24.7 Å². The molecule has 2 heterocycles. The first-order valence-electron chi connectivity index (χ1n) is 7.74. The van der Waals surface area contributed by atoms with E-state index in [4.69, 9.17) is 8.74 Å². The highest BCUT2D eigenvalue weighted by atomic mass is 32.3. The third-order valence-electron chi connectivity index (χ3n) is 5.10. The van der Waals surface area contributed by atoms with Gasteiger partial charge in [0.1, 0.15) is 0 Å². The summed E-state index contributed by atoms with van der Waals surface area (Å²) < 4.78 is 35.7. The molecule has 120 valence electrons. The standard InChI is InChI=1S/C15H20N2O4S/c18-22(19,20)21-12-6-11-9-17-5-4-16-8-10-2-1-3-13(15(10)17)14(11)7-12/h1-3,11-12,14,16H,4-9H2,(H,18,19,20)/t11-,12?,14-/m0/s1. The summed E-state index contributed by atoms with van der Waals surface area (Å²) in [5.41, 5.74) is 3.94. The molecule has 0 aromatic heterocycles. The van der Waals surface area contributed by atoms with E-state index in [2.05, 4.69) is 28.4 Å². The maximum Gasteiger partial charge on any atom is 0.397 e. The normalized spacial score (nSPS) is 30.6. The fourth-order valence-corrected chi connectivity index (χ4v) is 4.86. The minimum Gasteiger partial charge on any atom is -0.369 e. The lowest BCUT2D eigenvalue weighted by atomic mass is 9.82. The third-order valence-corrected chi connectivity index (χ3v) is 5.62. The first kappa shape index (κ1) is 14.4. The van der Waals surface area contributed by atoms with Crippen LogP contribution in [0.1, 0.15) is 29.9 Å². The number of rotatable bonds is 2. The van der Waals surface area contributed by atoms with Gasteiger partial charge in [-0.1, -0.05) is 18.2 Å². The number of nitrogens with one attached hydrogen (secondary N) is 1. The van der Waals surface area contributed by atoms with E-state index in [-0.39, 0.29) is 0 Å². The van der Waals surface area contributed by atoms with E-state index in [1.54, 1.807) is 0 Å². The summed E-state index contributed by atoms with van der Waals surface area (Å²) >= 11 is 0. The highest BCUT2D eigenvalue weighted by Gasteiger charge is 2.43. The molecule has 22 heavy (non-hydrogen) atoms. The van der Waals surface area contributed by atoms with Gasteiger partial charge in [-0.05, 0) is 35.8 Å². The molecule has 3 atom stereocenters. The molecular formula is C15H20N2O4S. The summed E-state index contributed by atoms with van der Waals surface area (Å²) in [6.45, 7) is 3.73. The fraction of sp³-hybridized carbons (Fsp3) is 0.600. The Morgan fingerprint density at radius 3 is 3.00 bits per heavy atom. The summed E-state index contributed by atoms with van der Waals surface area (Å²) in [7, 11) is -4.37. The van der Waals surface area contributed by atoms with Crippen molar-refractivity contribution in [1.29, 1.82) is 0 Å². The van der Waals surface area contributed by atoms with Crippen molar-refractivity contribution in [2.45, 2.75) is 31.4 Å². The van der Waals surface area contributed by atoms with Crippen LogP contribution in [0, 0.1) is 5.92 Å². The van der Waals surface area contributed by atoms with Crippen LogP contribution in [0.2, 0.25) is 0 Å². The van der Waals surface area contributed by atoms with Crippen molar-refractivity contribution in [2.24, 2.45) is 5.92 Å². The zero-order valence-corrected chi connectivity index (χ0v) is 13.1. The maximum atomic E-state index is 11.0. The molecule has 6 nitrogen and oxygen atoms in total. The zero-order valence-electron chi connectivity index (χ0n) is 12.2. The number of benzene rings is 1. The van der Waals surface area contributed by atoms with Gasteiger partial charge in [-0.15, -0.1) is 0 Å². The summed E-state index contributed by atoms with van der Waals surface area (Å²) in [5.74, 6) is 0.698.